The van der Waals surface area contributed by atoms with Crippen molar-refractivity contribution in [3.05, 3.63) is 23.8 Å². The normalized spacial score (nSPS) is 13.6. The van der Waals surface area contributed by atoms with Crippen LogP contribution in [-0.2, 0) is 16.6 Å². The lowest BCUT2D eigenvalue weighted by atomic mass is 10.3. The summed E-state index contributed by atoms with van der Waals surface area (Å²) >= 11 is 5.58. The van der Waals surface area contributed by atoms with Crippen molar-refractivity contribution in [2.45, 2.75) is 20.4 Å². The van der Waals surface area contributed by atoms with Crippen LogP contribution in [0.4, 0.5) is 0 Å². The summed E-state index contributed by atoms with van der Waals surface area (Å²) in [4.78, 5) is 8.10. The number of aryl methyl sites for hydroxylation is 1. The number of rotatable bonds is 6. The summed E-state index contributed by atoms with van der Waals surface area (Å²) in [6.45, 7) is 3.77. The number of nitrogens with one attached hydrogen (secondary N) is 1. The van der Waals surface area contributed by atoms with Crippen LogP contribution in [0.25, 0.3) is 0 Å². The maximum absolute atomic E-state index is 11.6. The average Bonchev–Trinajstić information content (AvgIpc) is 2.28. The van der Waals surface area contributed by atoms with Crippen LogP contribution in [0.3, 0.4) is 0 Å². The fourth-order valence-corrected chi connectivity index (χ4v) is 2.76. The molecule has 0 aromatic carbocycles. The van der Waals surface area contributed by atoms with Crippen molar-refractivity contribution in [3.63, 3.8) is 0 Å². The first-order valence-electron chi connectivity index (χ1n) is 5.24. The van der Waals surface area contributed by atoms with Crippen molar-refractivity contribution < 1.29 is 8.42 Å². The van der Waals surface area contributed by atoms with E-state index in [2.05, 4.69) is 14.7 Å². The van der Waals surface area contributed by atoms with E-state index in [1.807, 2.05) is 6.92 Å². The molecule has 0 fully saturated rings. The van der Waals surface area contributed by atoms with E-state index in [4.69, 9.17) is 11.6 Å². The maximum atomic E-state index is 11.6. The van der Waals surface area contributed by atoms with Crippen LogP contribution in [0.1, 0.15) is 18.3 Å². The number of aromatic nitrogens is 2. The molecule has 0 aliphatic carbocycles. The molecule has 0 bridgehead atoms. The van der Waals surface area contributed by atoms with Crippen LogP contribution in [0.5, 0.6) is 0 Å². The van der Waals surface area contributed by atoms with Crippen LogP contribution in [0, 0.1) is 12.8 Å². The molecule has 0 radical (unpaired) electrons. The molecule has 1 unspecified atom stereocenters. The van der Waals surface area contributed by atoms with E-state index in [1.54, 1.807) is 19.3 Å². The lowest BCUT2D eigenvalue weighted by Gasteiger charge is -2.09. The first-order chi connectivity index (χ1) is 7.93. The van der Waals surface area contributed by atoms with Gasteiger partial charge in [0.05, 0.1) is 29.9 Å². The van der Waals surface area contributed by atoms with Gasteiger partial charge in [0, 0.05) is 12.1 Å². The Kier molecular flexibility index (Phi) is 5.30. The quantitative estimate of drug-likeness (QED) is 0.790. The molecule has 1 aromatic heterocycles. The summed E-state index contributed by atoms with van der Waals surface area (Å²) in [5, 5.41) is 0. The number of halogens is 1. The Morgan fingerprint density at radius 2 is 2.12 bits per heavy atom. The molecule has 0 spiro atoms. The van der Waals surface area contributed by atoms with E-state index in [0.29, 0.717) is 11.6 Å². The molecule has 1 heterocycles. The molecule has 0 aliphatic rings. The highest BCUT2D eigenvalue weighted by Gasteiger charge is 2.14. The largest absolute Gasteiger partial charge is 0.258 e. The van der Waals surface area contributed by atoms with Gasteiger partial charge in [-0.25, -0.2) is 13.1 Å². The summed E-state index contributed by atoms with van der Waals surface area (Å²) < 4.78 is 25.7. The molecule has 1 rings (SSSR count). The van der Waals surface area contributed by atoms with Gasteiger partial charge in [-0.2, -0.15) is 0 Å². The molecule has 0 amide bonds. The molecule has 1 aromatic rings. The minimum absolute atomic E-state index is 0.0236. The lowest BCUT2D eigenvalue weighted by molar-refractivity contribution is 0.567. The second-order valence-electron chi connectivity index (χ2n) is 4.01. The second-order valence-corrected chi connectivity index (χ2v) is 6.17. The molecular weight excluding hydrogens is 262 g/mol. The Balaban J connectivity index is 2.52. The highest BCUT2D eigenvalue weighted by atomic mass is 35.5. The zero-order valence-corrected chi connectivity index (χ0v) is 11.4. The van der Waals surface area contributed by atoms with Gasteiger partial charge in [0.25, 0.3) is 0 Å². The molecule has 1 atom stereocenters. The van der Waals surface area contributed by atoms with E-state index < -0.39 is 10.0 Å². The predicted molar refractivity (Wildman–Crippen MR) is 67.3 cm³/mol. The molecular formula is C10H16ClN3O2S. The first-order valence-corrected chi connectivity index (χ1v) is 7.42. The van der Waals surface area contributed by atoms with Gasteiger partial charge in [0.15, 0.2) is 0 Å². The van der Waals surface area contributed by atoms with E-state index in [1.165, 1.54) is 0 Å². The Morgan fingerprint density at radius 3 is 2.65 bits per heavy atom. The van der Waals surface area contributed by atoms with Gasteiger partial charge in [0.1, 0.15) is 0 Å². The highest BCUT2D eigenvalue weighted by molar-refractivity contribution is 7.89. The van der Waals surface area contributed by atoms with Crippen molar-refractivity contribution in [1.29, 1.82) is 0 Å². The van der Waals surface area contributed by atoms with E-state index in [9.17, 15) is 8.42 Å². The summed E-state index contributed by atoms with van der Waals surface area (Å²) in [7, 11) is -3.30. The summed E-state index contributed by atoms with van der Waals surface area (Å²) in [5.74, 6) is 0.277. The predicted octanol–water partition coefficient (Wildman–Crippen LogP) is 1.08. The Morgan fingerprint density at radius 1 is 1.41 bits per heavy atom. The topological polar surface area (TPSA) is 72.0 Å². The first kappa shape index (κ1) is 14.3. The van der Waals surface area contributed by atoms with Crippen molar-refractivity contribution in [2.75, 3.05) is 11.6 Å². The summed E-state index contributed by atoms with van der Waals surface area (Å²) in [6.07, 6.45) is 3.16. The molecule has 0 aliphatic heterocycles. The lowest BCUT2D eigenvalue weighted by Crippen LogP contribution is -2.29. The van der Waals surface area contributed by atoms with Crippen LogP contribution in [0.2, 0.25) is 0 Å². The standard InChI is InChI=1S/C10H16ClN3O2S/c1-8(3-11)7-17(15,16)14-6-10-5-12-9(2)4-13-10/h4-5,8,14H,3,6-7H2,1-2H3. The molecule has 0 saturated carbocycles. The molecule has 0 saturated heterocycles. The highest BCUT2D eigenvalue weighted by Crippen LogP contribution is 2.03. The van der Waals surface area contributed by atoms with Gasteiger partial charge >= 0.3 is 0 Å². The molecule has 1 N–H and O–H groups in total. The Hall–Kier alpha value is -0.720. The molecule has 7 heteroatoms. The number of nitrogens with zero attached hydrogens (tertiary/aromatic N) is 2. The SMILES string of the molecule is Cc1cnc(CNS(=O)(=O)CC(C)CCl)cn1. The number of alkyl halides is 1. The van der Waals surface area contributed by atoms with Gasteiger partial charge in [0.2, 0.25) is 10.0 Å². The second kappa shape index (κ2) is 6.28. The van der Waals surface area contributed by atoms with E-state index in [0.717, 1.165) is 5.69 Å². The van der Waals surface area contributed by atoms with Gasteiger partial charge in [-0.15, -0.1) is 11.6 Å². The maximum Gasteiger partial charge on any atom is 0.212 e. The van der Waals surface area contributed by atoms with Crippen LogP contribution in [0.15, 0.2) is 12.4 Å². The van der Waals surface area contributed by atoms with Gasteiger partial charge in [-0.3, -0.25) is 9.97 Å². The molecule has 96 valence electrons. The van der Waals surface area contributed by atoms with Crippen molar-refractivity contribution in [1.82, 2.24) is 14.7 Å². The molecule has 17 heavy (non-hydrogen) atoms. The van der Waals surface area contributed by atoms with Crippen LogP contribution >= 0.6 is 11.6 Å². The number of hydrogen-bond donors (Lipinski definition) is 1. The Bertz CT molecular complexity index is 447. The van der Waals surface area contributed by atoms with E-state index >= 15 is 0 Å². The van der Waals surface area contributed by atoms with Crippen LogP contribution < -0.4 is 4.72 Å². The number of hydrogen-bond acceptors (Lipinski definition) is 4. The monoisotopic (exact) mass is 277 g/mol. The summed E-state index contributed by atoms with van der Waals surface area (Å²) in [5.41, 5.74) is 1.39. The fourth-order valence-electron chi connectivity index (χ4n) is 1.17. The minimum atomic E-state index is -3.30. The third kappa shape index (κ3) is 5.43. The number of sulfonamides is 1. The van der Waals surface area contributed by atoms with Crippen molar-refractivity contribution in [2.24, 2.45) is 5.92 Å². The summed E-state index contributed by atoms with van der Waals surface area (Å²) in [6, 6.07) is 0. The smallest absolute Gasteiger partial charge is 0.212 e. The van der Waals surface area contributed by atoms with Crippen molar-refractivity contribution in [3.8, 4) is 0 Å². The van der Waals surface area contributed by atoms with Gasteiger partial charge in [-0.1, -0.05) is 6.92 Å². The Labute approximate surface area is 107 Å². The zero-order chi connectivity index (χ0) is 12.9. The van der Waals surface area contributed by atoms with E-state index in [-0.39, 0.29) is 18.2 Å². The molecule has 5 nitrogen and oxygen atoms in total. The van der Waals surface area contributed by atoms with Gasteiger partial charge in [-0.05, 0) is 12.8 Å². The fraction of sp³-hybridized carbons (Fsp3) is 0.600. The van der Waals surface area contributed by atoms with Crippen LogP contribution in [-0.4, -0.2) is 30.0 Å². The average molecular weight is 278 g/mol. The zero-order valence-electron chi connectivity index (χ0n) is 9.85. The third-order valence-electron chi connectivity index (χ3n) is 2.07. The third-order valence-corrected chi connectivity index (χ3v) is 4.19. The van der Waals surface area contributed by atoms with Crippen molar-refractivity contribution >= 4 is 21.6 Å². The van der Waals surface area contributed by atoms with Gasteiger partial charge < -0.3 is 0 Å². The minimum Gasteiger partial charge on any atom is -0.258 e.